The molecule has 1 aromatic rings. The lowest BCUT2D eigenvalue weighted by atomic mass is 9.90. The molecule has 0 spiro atoms. The van der Waals surface area contributed by atoms with E-state index >= 15 is 0 Å². The van der Waals surface area contributed by atoms with E-state index in [1.54, 1.807) is 7.11 Å². The van der Waals surface area contributed by atoms with E-state index < -0.39 is 0 Å². The highest BCUT2D eigenvalue weighted by atomic mass is 16.5. The van der Waals surface area contributed by atoms with Crippen molar-refractivity contribution in [3.8, 4) is 0 Å². The van der Waals surface area contributed by atoms with Crippen LogP contribution in [0.4, 0.5) is 0 Å². The van der Waals surface area contributed by atoms with E-state index in [-0.39, 0.29) is 0 Å². The lowest BCUT2D eigenvalue weighted by Gasteiger charge is -2.29. The first-order valence-corrected chi connectivity index (χ1v) is 7.32. The van der Waals surface area contributed by atoms with Crippen molar-refractivity contribution in [1.82, 2.24) is 4.90 Å². The van der Waals surface area contributed by atoms with Crippen LogP contribution in [0.3, 0.4) is 0 Å². The number of hydrogen-bond donors (Lipinski definition) is 1. The van der Waals surface area contributed by atoms with Crippen molar-refractivity contribution in [2.45, 2.75) is 32.4 Å². The normalized spacial score (nSPS) is 23.9. The van der Waals surface area contributed by atoms with Crippen LogP contribution in [0.15, 0.2) is 24.3 Å². The molecule has 0 aliphatic carbocycles. The minimum absolute atomic E-state index is 0.469. The lowest BCUT2D eigenvalue weighted by Crippen LogP contribution is -2.29. The predicted molar refractivity (Wildman–Crippen MR) is 78.9 cm³/mol. The van der Waals surface area contributed by atoms with Gasteiger partial charge in [0.05, 0.1) is 6.61 Å². The number of rotatable bonds is 6. The fourth-order valence-corrected chi connectivity index (χ4v) is 3.27. The van der Waals surface area contributed by atoms with Gasteiger partial charge in [0.1, 0.15) is 0 Å². The van der Waals surface area contributed by atoms with Gasteiger partial charge < -0.3 is 10.5 Å². The second-order valence-corrected chi connectivity index (χ2v) is 5.40. The highest BCUT2D eigenvalue weighted by Crippen LogP contribution is 2.38. The Kier molecular flexibility index (Phi) is 5.37. The zero-order valence-corrected chi connectivity index (χ0v) is 12.1. The molecule has 2 N–H and O–H groups in total. The third kappa shape index (κ3) is 3.16. The molecule has 2 unspecified atom stereocenters. The Hall–Kier alpha value is -0.900. The number of ether oxygens (including phenoxy) is 1. The Morgan fingerprint density at radius 3 is 2.84 bits per heavy atom. The molecule has 1 aliphatic rings. The first kappa shape index (κ1) is 14.5. The van der Waals surface area contributed by atoms with E-state index in [4.69, 9.17) is 10.5 Å². The number of nitrogens with two attached hydrogens (primary N) is 1. The zero-order chi connectivity index (χ0) is 13.7. The molecule has 1 aromatic carbocycles. The van der Waals surface area contributed by atoms with Crippen LogP contribution in [0.25, 0.3) is 0 Å². The molecular weight excluding hydrogens is 236 g/mol. The smallest absolute Gasteiger partial charge is 0.0716 e. The molecule has 19 heavy (non-hydrogen) atoms. The van der Waals surface area contributed by atoms with Gasteiger partial charge >= 0.3 is 0 Å². The molecule has 1 fully saturated rings. The fraction of sp³-hybridized carbons (Fsp3) is 0.625. The van der Waals surface area contributed by atoms with E-state index in [9.17, 15) is 0 Å². The molecule has 106 valence electrons. The molecule has 1 aliphatic heterocycles. The third-order valence-electron chi connectivity index (χ3n) is 4.11. The van der Waals surface area contributed by atoms with Gasteiger partial charge in [0.25, 0.3) is 0 Å². The Morgan fingerprint density at radius 1 is 1.37 bits per heavy atom. The van der Waals surface area contributed by atoms with Crippen LogP contribution in [0.1, 0.15) is 36.9 Å². The summed E-state index contributed by atoms with van der Waals surface area (Å²) in [7, 11) is 1.76. The van der Waals surface area contributed by atoms with Gasteiger partial charge in [-0.3, -0.25) is 4.90 Å². The minimum atomic E-state index is 0.469. The van der Waals surface area contributed by atoms with Crippen LogP contribution >= 0.6 is 0 Å². The molecule has 0 bridgehead atoms. The Balaban J connectivity index is 2.29. The highest BCUT2D eigenvalue weighted by molar-refractivity contribution is 5.31. The maximum absolute atomic E-state index is 5.99. The predicted octanol–water partition coefficient (Wildman–Crippen LogP) is 2.56. The third-order valence-corrected chi connectivity index (χ3v) is 4.11. The molecule has 0 amide bonds. The average Bonchev–Trinajstić information content (AvgIpc) is 2.83. The van der Waals surface area contributed by atoms with Crippen molar-refractivity contribution >= 4 is 0 Å². The van der Waals surface area contributed by atoms with Crippen molar-refractivity contribution in [3.05, 3.63) is 35.4 Å². The summed E-state index contributed by atoms with van der Waals surface area (Å²) in [6.45, 7) is 6.02. The highest BCUT2D eigenvalue weighted by Gasteiger charge is 2.34. The number of nitrogens with zero attached hydrogens (tertiary/aromatic N) is 1. The largest absolute Gasteiger partial charge is 0.380 e. The quantitative estimate of drug-likeness (QED) is 0.856. The fourth-order valence-electron chi connectivity index (χ4n) is 3.27. The molecule has 0 saturated carbocycles. The summed E-state index contributed by atoms with van der Waals surface area (Å²) < 4.78 is 5.34. The maximum atomic E-state index is 5.99. The second kappa shape index (κ2) is 7.04. The van der Waals surface area contributed by atoms with E-state index in [0.29, 0.717) is 18.6 Å². The van der Waals surface area contributed by atoms with Crippen molar-refractivity contribution < 1.29 is 4.74 Å². The Bertz CT molecular complexity index is 394. The summed E-state index contributed by atoms with van der Waals surface area (Å²) in [4.78, 5) is 2.59. The lowest BCUT2D eigenvalue weighted by molar-refractivity contribution is 0.178. The maximum Gasteiger partial charge on any atom is 0.0716 e. The zero-order valence-electron chi connectivity index (χ0n) is 12.1. The summed E-state index contributed by atoms with van der Waals surface area (Å²) in [5.41, 5.74) is 8.70. The van der Waals surface area contributed by atoms with Crippen molar-refractivity contribution in [2.24, 2.45) is 11.7 Å². The first-order valence-electron chi connectivity index (χ1n) is 7.32. The molecule has 2 atom stereocenters. The SMILES string of the molecule is CCCN1CCC(CN)C1c1ccccc1COC. The van der Waals surface area contributed by atoms with Gasteiger partial charge in [-0.15, -0.1) is 0 Å². The van der Waals surface area contributed by atoms with E-state index in [1.165, 1.54) is 30.5 Å². The van der Waals surface area contributed by atoms with Gasteiger partial charge in [-0.1, -0.05) is 31.2 Å². The second-order valence-electron chi connectivity index (χ2n) is 5.40. The van der Waals surface area contributed by atoms with Crippen LogP contribution < -0.4 is 5.73 Å². The van der Waals surface area contributed by atoms with Crippen molar-refractivity contribution in [2.75, 3.05) is 26.7 Å². The Morgan fingerprint density at radius 2 is 2.16 bits per heavy atom. The van der Waals surface area contributed by atoms with Crippen LogP contribution in [-0.2, 0) is 11.3 Å². The first-order chi connectivity index (χ1) is 9.31. The number of benzene rings is 1. The van der Waals surface area contributed by atoms with Crippen molar-refractivity contribution in [1.29, 1.82) is 0 Å². The van der Waals surface area contributed by atoms with Crippen LogP contribution in [0.5, 0.6) is 0 Å². The van der Waals surface area contributed by atoms with Gasteiger partial charge in [-0.25, -0.2) is 0 Å². The van der Waals surface area contributed by atoms with Crippen LogP contribution in [0, 0.1) is 5.92 Å². The van der Waals surface area contributed by atoms with Gasteiger partial charge in [-0.05, 0) is 49.5 Å². The van der Waals surface area contributed by atoms with E-state index in [1.807, 2.05) is 0 Å². The molecule has 1 heterocycles. The van der Waals surface area contributed by atoms with Gasteiger partial charge in [-0.2, -0.15) is 0 Å². The number of likely N-dealkylation sites (tertiary alicyclic amines) is 1. The van der Waals surface area contributed by atoms with Gasteiger partial charge in [0.2, 0.25) is 0 Å². The van der Waals surface area contributed by atoms with Gasteiger partial charge in [0.15, 0.2) is 0 Å². The summed E-state index contributed by atoms with van der Waals surface area (Å²) >= 11 is 0. The molecular formula is C16H26N2O. The number of methoxy groups -OCH3 is 1. The molecule has 2 rings (SSSR count). The van der Waals surface area contributed by atoms with Gasteiger partial charge in [0, 0.05) is 13.2 Å². The van der Waals surface area contributed by atoms with Crippen molar-refractivity contribution in [3.63, 3.8) is 0 Å². The summed E-state index contributed by atoms with van der Waals surface area (Å²) in [5.74, 6) is 0.574. The molecule has 3 heteroatoms. The van der Waals surface area contributed by atoms with Crippen LogP contribution in [-0.4, -0.2) is 31.6 Å². The molecule has 0 aromatic heterocycles. The van der Waals surface area contributed by atoms with E-state index in [2.05, 4.69) is 36.1 Å². The summed E-state index contributed by atoms with van der Waals surface area (Å²) in [6, 6.07) is 9.11. The summed E-state index contributed by atoms with van der Waals surface area (Å²) in [6.07, 6.45) is 2.41. The summed E-state index contributed by atoms with van der Waals surface area (Å²) in [5, 5.41) is 0. The number of hydrogen-bond acceptors (Lipinski definition) is 3. The van der Waals surface area contributed by atoms with E-state index in [0.717, 1.165) is 13.1 Å². The Labute approximate surface area is 116 Å². The van der Waals surface area contributed by atoms with Crippen LogP contribution in [0.2, 0.25) is 0 Å². The minimum Gasteiger partial charge on any atom is -0.380 e. The topological polar surface area (TPSA) is 38.5 Å². The monoisotopic (exact) mass is 262 g/mol. The molecule has 3 nitrogen and oxygen atoms in total. The average molecular weight is 262 g/mol. The molecule has 0 radical (unpaired) electrons. The standard InChI is InChI=1S/C16H26N2O/c1-3-9-18-10-8-13(11-17)16(18)15-7-5-4-6-14(15)12-19-2/h4-7,13,16H,3,8-12,17H2,1-2H3. The molecule has 1 saturated heterocycles.